The van der Waals surface area contributed by atoms with Gasteiger partial charge in [-0.25, -0.2) is 17.6 Å². The number of benzene rings is 2. The Morgan fingerprint density at radius 2 is 1.63 bits per heavy atom. The molecule has 27 heavy (non-hydrogen) atoms. The van der Waals surface area contributed by atoms with Crippen LogP contribution in [0.15, 0.2) is 53.4 Å². The number of sulfonamides is 1. The van der Waals surface area contributed by atoms with Crippen molar-refractivity contribution in [1.29, 1.82) is 0 Å². The predicted octanol–water partition coefficient (Wildman–Crippen LogP) is 2.65. The molecule has 0 atom stereocenters. The molecule has 0 spiro atoms. The van der Waals surface area contributed by atoms with Crippen LogP contribution in [0.4, 0.5) is 4.39 Å². The van der Waals surface area contributed by atoms with Crippen molar-refractivity contribution in [2.45, 2.75) is 17.7 Å². The molecule has 1 saturated heterocycles. The van der Waals surface area contributed by atoms with Gasteiger partial charge in [0, 0.05) is 13.1 Å². The van der Waals surface area contributed by atoms with E-state index < -0.39 is 34.2 Å². The number of Topliss-reactive ketones (excluding diaryl/α,β-unsaturated/α-hetero) is 1. The fraction of sp³-hybridized carbons (Fsp3) is 0.263. The van der Waals surface area contributed by atoms with E-state index in [0.717, 1.165) is 18.9 Å². The minimum atomic E-state index is -3.56. The van der Waals surface area contributed by atoms with Crippen molar-refractivity contribution < 1.29 is 27.1 Å². The second-order valence-electron chi connectivity index (χ2n) is 6.11. The Morgan fingerprint density at radius 3 is 2.26 bits per heavy atom. The molecule has 1 fully saturated rings. The standard InChI is InChI=1S/C19H18FNO5S/c20-17-6-2-1-5-16(17)18(22)13-26-19(23)14-7-9-15(10-8-14)27(24,25)21-11-3-4-12-21/h1-2,5-10H,3-4,11-13H2. The molecule has 0 aromatic heterocycles. The first-order valence-corrected chi connectivity index (χ1v) is 9.88. The summed E-state index contributed by atoms with van der Waals surface area (Å²) in [5.74, 6) is -2.13. The van der Waals surface area contributed by atoms with Crippen LogP contribution >= 0.6 is 0 Å². The first kappa shape index (κ1) is 19.2. The minimum Gasteiger partial charge on any atom is -0.454 e. The van der Waals surface area contributed by atoms with Crippen molar-refractivity contribution in [1.82, 2.24) is 4.31 Å². The van der Waals surface area contributed by atoms with Gasteiger partial charge in [0.1, 0.15) is 5.82 Å². The number of carbonyl (C=O) groups is 2. The van der Waals surface area contributed by atoms with Crippen LogP contribution in [0.5, 0.6) is 0 Å². The SMILES string of the molecule is O=C(OCC(=O)c1ccccc1F)c1ccc(S(=O)(=O)N2CCCC2)cc1. The topological polar surface area (TPSA) is 80.8 Å². The summed E-state index contributed by atoms with van der Waals surface area (Å²) in [5, 5.41) is 0. The van der Waals surface area contributed by atoms with Gasteiger partial charge >= 0.3 is 5.97 Å². The lowest BCUT2D eigenvalue weighted by Crippen LogP contribution is -2.27. The van der Waals surface area contributed by atoms with Crippen molar-refractivity contribution in [3.05, 3.63) is 65.5 Å². The Bertz CT molecular complexity index is 950. The summed E-state index contributed by atoms with van der Waals surface area (Å²) >= 11 is 0. The molecule has 1 aliphatic rings. The number of ketones is 1. The Morgan fingerprint density at radius 1 is 1.00 bits per heavy atom. The molecule has 1 heterocycles. The normalized spacial score (nSPS) is 14.9. The zero-order valence-electron chi connectivity index (χ0n) is 14.4. The number of ether oxygens (including phenoxy) is 1. The minimum absolute atomic E-state index is 0.100. The summed E-state index contributed by atoms with van der Waals surface area (Å²) in [4.78, 5) is 24.1. The first-order valence-electron chi connectivity index (χ1n) is 8.44. The third kappa shape index (κ3) is 4.23. The summed E-state index contributed by atoms with van der Waals surface area (Å²) in [5.41, 5.74) is -0.0472. The monoisotopic (exact) mass is 391 g/mol. The molecule has 0 amide bonds. The van der Waals surface area contributed by atoms with E-state index in [2.05, 4.69) is 0 Å². The van der Waals surface area contributed by atoms with Crippen LogP contribution in [0.1, 0.15) is 33.6 Å². The smallest absolute Gasteiger partial charge is 0.338 e. The fourth-order valence-electron chi connectivity index (χ4n) is 2.82. The number of nitrogens with zero attached hydrogens (tertiary/aromatic N) is 1. The second-order valence-corrected chi connectivity index (χ2v) is 8.05. The number of hydrogen-bond donors (Lipinski definition) is 0. The Labute approximate surface area is 156 Å². The van der Waals surface area contributed by atoms with Crippen LogP contribution < -0.4 is 0 Å². The van der Waals surface area contributed by atoms with E-state index in [-0.39, 0.29) is 16.0 Å². The third-order valence-electron chi connectivity index (χ3n) is 4.30. The van der Waals surface area contributed by atoms with Gasteiger partial charge in [-0.15, -0.1) is 0 Å². The summed E-state index contributed by atoms with van der Waals surface area (Å²) < 4.78 is 44.8. The largest absolute Gasteiger partial charge is 0.454 e. The lowest BCUT2D eigenvalue weighted by molar-refractivity contribution is 0.0473. The molecule has 142 valence electrons. The highest BCUT2D eigenvalue weighted by Crippen LogP contribution is 2.21. The number of halogens is 1. The second kappa shape index (κ2) is 7.98. The van der Waals surface area contributed by atoms with Gasteiger partial charge in [0.2, 0.25) is 15.8 Å². The molecule has 0 saturated carbocycles. The molecule has 2 aromatic carbocycles. The van der Waals surface area contributed by atoms with Crippen LogP contribution in [-0.2, 0) is 14.8 Å². The van der Waals surface area contributed by atoms with E-state index in [1.165, 1.54) is 46.8 Å². The van der Waals surface area contributed by atoms with Gasteiger partial charge < -0.3 is 4.74 Å². The third-order valence-corrected chi connectivity index (χ3v) is 6.21. The van der Waals surface area contributed by atoms with Gasteiger partial charge in [0.05, 0.1) is 16.0 Å². The molecule has 8 heteroatoms. The first-order chi connectivity index (χ1) is 12.9. The quantitative estimate of drug-likeness (QED) is 0.559. The van der Waals surface area contributed by atoms with Crippen LogP contribution in [0.3, 0.4) is 0 Å². The van der Waals surface area contributed by atoms with E-state index in [0.29, 0.717) is 13.1 Å². The van der Waals surface area contributed by atoms with Gasteiger partial charge in [0.15, 0.2) is 6.61 Å². The van der Waals surface area contributed by atoms with Crippen LogP contribution in [0.25, 0.3) is 0 Å². The average Bonchev–Trinajstić information content (AvgIpc) is 3.22. The summed E-state index contributed by atoms with van der Waals surface area (Å²) in [7, 11) is -3.56. The molecule has 1 aliphatic heterocycles. The molecule has 0 radical (unpaired) electrons. The Hall–Kier alpha value is -2.58. The molecule has 0 bridgehead atoms. The summed E-state index contributed by atoms with van der Waals surface area (Å²) in [6.45, 7) is 0.377. The molecular weight excluding hydrogens is 373 g/mol. The number of hydrogen-bond acceptors (Lipinski definition) is 5. The highest BCUT2D eigenvalue weighted by Gasteiger charge is 2.27. The Kier molecular flexibility index (Phi) is 5.67. The summed E-state index contributed by atoms with van der Waals surface area (Å²) in [6, 6.07) is 10.8. The average molecular weight is 391 g/mol. The maximum Gasteiger partial charge on any atom is 0.338 e. The lowest BCUT2D eigenvalue weighted by atomic mass is 10.1. The van der Waals surface area contributed by atoms with Crippen LogP contribution in [0, 0.1) is 5.82 Å². The zero-order chi connectivity index (χ0) is 19.4. The Balaban J connectivity index is 1.64. The van der Waals surface area contributed by atoms with Gasteiger partial charge in [-0.3, -0.25) is 4.79 Å². The maximum atomic E-state index is 13.5. The van der Waals surface area contributed by atoms with Crippen molar-refractivity contribution >= 4 is 21.8 Å². The van der Waals surface area contributed by atoms with Crippen molar-refractivity contribution in [3.8, 4) is 0 Å². The van der Waals surface area contributed by atoms with Crippen LogP contribution in [0.2, 0.25) is 0 Å². The van der Waals surface area contributed by atoms with E-state index in [1.54, 1.807) is 0 Å². The van der Waals surface area contributed by atoms with E-state index in [4.69, 9.17) is 4.74 Å². The van der Waals surface area contributed by atoms with Crippen molar-refractivity contribution in [2.24, 2.45) is 0 Å². The van der Waals surface area contributed by atoms with Gasteiger partial charge in [-0.05, 0) is 49.2 Å². The van der Waals surface area contributed by atoms with E-state index in [1.807, 2.05) is 0 Å². The number of esters is 1. The molecule has 2 aromatic rings. The van der Waals surface area contributed by atoms with Gasteiger partial charge in [-0.1, -0.05) is 12.1 Å². The van der Waals surface area contributed by atoms with Crippen LogP contribution in [-0.4, -0.2) is 44.2 Å². The van der Waals surface area contributed by atoms with E-state index in [9.17, 15) is 22.4 Å². The van der Waals surface area contributed by atoms with E-state index >= 15 is 0 Å². The zero-order valence-corrected chi connectivity index (χ0v) is 15.2. The van der Waals surface area contributed by atoms with Crippen molar-refractivity contribution in [2.75, 3.05) is 19.7 Å². The predicted molar refractivity (Wildman–Crippen MR) is 95.4 cm³/mol. The fourth-order valence-corrected chi connectivity index (χ4v) is 4.34. The molecule has 0 unspecified atom stereocenters. The highest BCUT2D eigenvalue weighted by atomic mass is 32.2. The molecule has 3 rings (SSSR count). The molecule has 0 N–H and O–H groups in total. The number of rotatable bonds is 6. The van der Waals surface area contributed by atoms with Crippen molar-refractivity contribution in [3.63, 3.8) is 0 Å². The number of carbonyl (C=O) groups excluding carboxylic acids is 2. The highest BCUT2D eigenvalue weighted by molar-refractivity contribution is 7.89. The molecule has 6 nitrogen and oxygen atoms in total. The maximum absolute atomic E-state index is 13.5. The van der Waals surface area contributed by atoms with Gasteiger partial charge in [-0.2, -0.15) is 4.31 Å². The van der Waals surface area contributed by atoms with Gasteiger partial charge in [0.25, 0.3) is 0 Å². The molecular formula is C19H18FNO5S. The lowest BCUT2D eigenvalue weighted by Gasteiger charge is -2.15. The molecule has 0 aliphatic carbocycles. The summed E-state index contributed by atoms with van der Waals surface area (Å²) in [6.07, 6.45) is 1.67.